The lowest BCUT2D eigenvalue weighted by atomic mass is 10.3. The van der Waals surface area contributed by atoms with Gasteiger partial charge in [-0.3, -0.25) is 0 Å². The van der Waals surface area contributed by atoms with E-state index in [1.165, 1.54) is 11.3 Å². The van der Waals surface area contributed by atoms with Crippen LogP contribution in [0.4, 0.5) is 5.69 Å². The molecule has 0 fully saturated rings. The molecule has 0 amide bonds. The maximum Gasteiger partial charge on any atom is 0.345 e. The quantitative estimate of drug-likeness (QED) is 0.824. The van der Waals surface area contributed by atoms with Crippen molar-refractivity contribution >= 4 is 57.8 Å². The van der Waals surface area contributed by atoms with Crippen LogP contribution in [0.3, 0.4) is 0 Å². The first kappa shape index (κ1) is 14.5. The van der Waals surface area contributed by atoms with Gasteiger partial charge in [-0.25, -0.2) is 4.79 Å². The van der Waals surface area contributed by atoms with Crippen molar-refractivity contribution in [3.63, 3.8) is 0 Å². The Morgan fingerprint density at radius 2 is 1.84 bits per heavy atom. The normalized spacial score (nSPS) is 10.5. The Morgan fingerprint density at radius 1 is 1.21 bits per heavy atom. The number of benzene rings is 1. The summed E-state index contributed by atoms with van der Waals surface area (Å²) >= 11 is 19.1. The van der Waals surface area contributed by atoms with Crippen molar-refractivity contribution in [2.45, 2.75) is 6.54 Å². The highest BCUT2D eigenvalue weighted by atomic mass is 35.5. The molecule has 0 spiro atoms. The topological polar surface area (TPSA) is 49.3 Å². The molecule has 2 N–H and O–H groups in total. The van der Waals surface area contributed by atoms with Gasteiger partial charge in [0, 0.05) is 16.4 Å². The zero-order valence-electron chi connectivity index (χ0n) is 9.41. The number of halogens is 3. The summed E-state index contributed by atoms with van der Waals surface area (Å²) in [4.78, 5) is 11.9. The van der Waals surface area contributed by atoms with Crippen molar-refractivity contribution in [2.75, 3.05) is 5.32 Å². The lowest BCUT2D eigenvalue weighted by Gasteiger charge is -2.09. The van der Waals surface area contributed by atoms with E-state index in [9.17, 15) is 4.79 Å². The summed E-state index contributed by atoms with van der Waals surface area (Å²) in [6.45, 7) is 0.443. The van der Waals surface area contributed by atoms with Crippen molar-refractivity contribution in [3.05, 3.63) is 49.1 Å². The Bertz CT molecular complexity index is 604. The molecule has 1 aromatic heterocycles. The lowest BCUT2D eigenvalue weighted by molar-refractivity contribution is 0.0702. The number of nitrogens with one attached hydrogen (secondary N) is 1. The summed E-state index contributed by atoms with van der Waals surface area (Å²) in [5.74, 6) is -0.932. The van der Waals surface area contributed by atoms with E-state index in [4.69, 9.17) is 39.9 Å². The number of thiophene rings is 1. The average molecular weight is 337 g/mol. The molecule has 2 aromatic rings. The van der Waals surface area contributed by atoms with Crippen molar-refractivity contribution in [2.24, 2.45) is 0 Å². The highest BCUT2D eigenvalue weighted by Crippen LogP contribution is 2.34. The maximum atomic E-state index is 10.8. The van der Waals surface area contributed by atoms with E-state index in [0.29, 0.717) is 32.2 Å². The summed E-state index contributed by atoms with van der Waals surface area (Å²) in [5, 5.41) is 13.2. The standard InChI is InChI=1S/C12H8Cl3NO2S/c13-6-3-8(14)11(9(15)4-6)16-5-7-1-2-10(19-7)12(17)18/h1-4,16H,5H2,(H,17,18). The van der Waals surface area contributed by atoms with E-state index in [-0.39, 0.29) is 0 Å². The largest absolute Gasteiger partial charge is 0.477 e. The van der Waals surface area contributed by atoms with Gasteiger partial charge in [0.1, 0.15) is 4.88 Å². The molecule has 19 heavy (non-hydrogen) atoms. The second-order valence-electron chi connectivity index (χ2n) is 3.67. The van der Waals surface area contributed by atoms with Gasteiger partial charge in [-0.05, 0) is 24.3 Å². The third kappa shape index (κ3) is 3.54. The number of carbonyl (C=O) groups is 1. The Hall–Kier alpha value is -0.940. The van der Waals surface area contributed by atoms with E-state index in [0.717, 1.165) is 4.88 Å². The number of carboxylic acids is 1. The van der Waals surface area contributed by atoms with Crippen molar-refractivity contribution < 1.29 is 9.90 Å². The lowest BCUT2D eigenvalue weighted by Crippen LogP contribution is -1.99. The molecule has 1 heterocycles. The van der Waals surface area contributed by atoms with Crippen LogP contribution in [-0.4, -0.2) is 11.1 Å². The average Bonchev–Trinajstić information content (AvgIpc) is 2.76. The molecule has 0 saturated heterocycles. The van der Waals surface area contributed by atoms with E-state index >= 15 is 0 Å². The van der Waals surface area contributed by atoms with Gasteiger partial charge in [0.25, 0.3) is 0 Å². The van der Waals surface area contributed by atoms with Gasteiger partial charge in [0.05, 0.1) is 15.7 Å². The van der Waals surface area contributed by atoms with Crippen molar-refractivity contribution in [3.8, 4) is 0 Å². The summed E-state index contributed by atoms with van der Waals surface area (Å²) in [7, 11) is 0. The molecule has 1 aromatic carbocycles. The van der Waals surface area contributed by atoms with Crippen LogP contribution in [0.1, 0.15) is 14.5 Å². The highest BCUT2D eigenvalue weighted by molar-refractivity contribution is 7.13. The van der Waals surface area contributed by atoms with Crippen LogP contribution in [0, 0.1) is 0 Å². The fourth-order valence-corrected chi connectivity index (χ4v) is 3.21. The van der Waals surface area contributed by atoms with Gasteiger partial charge in [-0.15, -0.1) is 11.3 Å². The van der Waals surface area contributed by atoms with E-state index in [1.807, 2.05) is 0 Å². The molecule has 0 unspecified atom stereocenters. The Labute approximate surface area is 128 Å². The predicted molar refractivity (Wildman–Crippen MR) is 80.1 cm³/mol. The highest BCUT2D eigenvalue weighted by Gasteiger charge is 2.10. The fraction of sp³-hybridized carbons (Fsp3) is 0.0833. The van der Waals surface area contributed by atoms with Crippen LogP contribution in [0.2, 0.25) is 15.1 Å². The first-order valence-electron chi connectivity index (χ1n) is 5.18. The molecule has 2 rings (SSSR count). The Morgan fingerprint density at radius 3 is 2.37 bits per heavy atom. The zero-order valence-corrected chi connectivity index (χ0v) is 12.5. The first-order chi connectivity index (χ1) is 8.97. The van der Waals surface area contributed by atoms with Crippen LogP contribution < -0.4 is 5.32 Å². The smallest absolute Gasteiger partial charge is 0.345 e. The van der Waals surface area contributed by atoms with Gasteiger partial charge < -0.3 is 10.4 Å². The number of hydrogen-bond donors (Lipinski definition) is 2. The van der Waals surface area contributed by atoms with Gasteiger partial charge in [-0.2, -0.15) is 0 Å². The number of hydrogen-bond acceptors (Lipinski definition) is 3. The van der Waals surface area contributed by atoms with Gasteiger partial charge >= 0.3 is 5.97 Å². The summed E-state index contributed by atoms with van der Waals surface area (Å²) in [5.41, 5.74) is 0.581. The van der Waals surface area contributed by atoms with Gasteiger partial charge in [0.2, 0.25) is 0 Å². The van der Waals surface area contributed by atoms with E-state index < -0.39 is 5.97 Å². The molecule has 100 valence electrons. The predicted octanol–water partition coefficient (Wildman–Crippen LogP) is 5.02. The molecule has 0 aliphatic heterocycles. The molecular formula is C12H8Cl3NO2S. The second kappa shape index (κ2) is 6.01. The van der Waals surface area contributed by atoms with Crippen LogP contribution in [0.5, 0.6) is 0 Å². The molecule has 0 radical (unpaired) electrons. The SMILES string of the molecule is O=C(O)c1ccc(CNc2c(Cl)cc(Cl)cc2Cl)s1. The third-order valence-electron chi connectivity index (χ3n) is 2.32. The summed E-state index contributed by atoms with van der Waals surface area (Å²) in [6.07, 6.45) is 0. The van der Waals surface area contributed by atoms with E-state index in [2.05, 4.69) is 5.32 Å². The Kier molecular flexibility index (Phi) is 4.58. The number of rotatable bonds is 4. The first-order valence-corrected chi connectivity index (χ1v) is 7.13. The molecular weight excluding hydrogens is 329 g/mol. The molecule has 3 nitrogen and oxygen atoms in total. The minimum atomic E-state index is -0.932. The number of anilines is 1. The Balaban J connectivity index is 2.12. The molecule has 0 aliphatic carbocycles. The minimum absolute atomic E-state index is 0.296. The maximum absolute atomic E-state index is 10.8. The van der Waals surface area contributed by atoms with Gasteiger partial charge in [0.15, 0.2) is 0 Å². The van der Waals surface area contributed by atoms with Crippen molar-refractivity contribution in [1.82, 2.24) is 0 Å². The number of carboxylic acid groups (broad SMARTS) is 1. The van der Waals surface area contributed by atoms with E-state index in [1.54, 1.807) is 24.3 Å². The summed E-state index contributed by atoms with van der Waals surface area (Å²) in [6, 6.07) is 6.50. The number of aromatic carboxylic acids is 1. The summed E-state index contributed by atoms with van der Waals surface area (Å²) < 4.78 is 0. The van der Waals surface area contributed by atoms with Crippen LogP contribution >= 0.6 is 46.1 Å². The van der Waals surface area contributed by atoms with Crippen LogP contribution in [0.15, 0.2) is 24.3 Å². The third-order valence-corrected chi connectivity index (χ3v) is 4.21. The molecule has 0 aliphatic rings. The fourth-order valence-electron chi connectivity index (χ4n) is 1.47. The molecule has 7 heteroatoms. The molecule has 0 bridgehead atoms. The van der Waals surface area contributed by atoms with Crippen LogP contribution in [-0.2, 0) is 6.54 Å². The minimum Gasteiger partial charge on any atom is -0.477 e. The van der Waals surface area contributed by atoms with Gasteiger partial charge in [-0.1, -0.05) is 34.8 Å². The molecule has 0 saturated carbocycles. The van der Waals surface area contributed by atoms with Crippen molar-refractivity contribution in [1.29, 1.82) is 0 Å². The second-order valence-corrected chi connectivity index (χ2v) is 6.09. The monoisotopic (exact) mass is 335 g/mol. The molecule has 0 atom stereocenters. The zero-order chi connectivity index (χ0) is 14.0. The van der Waals surface area contributed by atoms with Crippen LogP contribution in [0.25, 0.3) is 0 Å².